The third kappa shape index (κ3) is 3.82. The molecule has 0 saturated carbocycles. The third-order valence-electron chi connectivity index (χ3n) is 5.32. The Morgan fingerprint density at radius 3 is 2.50 bits per heavy atom. The van der Waals surface area contributed by atoms with Crippen molar-refractivity contribution in [1.29, 1.82) is 0 Å². The van der Waals surface area contributed by atoms with Crippen molar-refractivity contribution in [2.75, 3.05) is 38.1 Å². The normalized spacial score (nSPS) is 15.3. The second kappa shape index (κ2) is 8.01. The second-order valence-corrected chi connectivity index (χ2v) is 8.09. The Balaban J connectivity index is 1.56. The van der Waals surface area contributed by atoms with Crippen LogP contribution in [-0.4, -0.2) is 52.7 Å². The predicted octanol–water partition coefficient (Wildman–Crippen LogP) is 2.92. The van der Waals surface area contributed by atoms with Crippen molar-refractivity contribution in [2.45, 2.75) is 19.9 Å². The molecule has 0 amide bonds. The zero-order valence-electron chi connectivity index (χ0n) is 16.2. The van der Waals surface area contributed by atoms with Crippen LogP contribution in [0.3, 0.4) is 0 Å². The number of pyridine rings is 1. The first-order valence-corrected chi connectivity index (χ1v) is 10.4. The van der Waals surface area contributed by atoms with Gasteiger partial charge in [-0.15, -0.1) is 0 Å². The zero-order chi connectivity index (χ0) is 19.7. The van der Waals surface area contributed by atoms with Gasteiger partial charge in [0.05, 0.1) is 4.47 Å². The number of rotatable bonds is 4. The van der Waals surface area contributed by atoms with E-state index in [-0.39, 0.29) is 5.56 Å². The van der Waals surface area contributed by atoms with E-state index in [0.29, 0.717) is 23.1 Å². The molecular weight excluding hydrogens is 418 g/mol. The van der Waals surface area contributed by atoms with E-state index in [1.54, 1.807) is 16.8 Å². The molecule has 0 unspecified atom stereocenters. The summed E-state index contributed by atoms with van der Waals surface area (Å²) in [6.45, 7) is 6.85. The molecule has 0 atom stereocenters. The van der Waals surface area contributed by atoms with Crippen LogP contribution in [0.2, 0.25) is 0 Å². The van der Waals surface area contributed by atoms with Gasteiger partial charge >= 0.3 is 0 Å². The van der Waals surface area contributed by atoms with Crippen LogP contribution < -0.4 is 10.5 Å². The molecule has 1 aromatic carbocycles. The Morgan fingerprint density at radius 1 is 1.11 bits per heavy atom. The van der Waals surface area contributed by atoms with Gasteiger partial charge in [-0.1, -0.05) is 12.1 Å². The van der Waals surface area contributed by atoms with Gasteiger partial charge in [0.15, 0.2) is 0 Å². The third-order valence-corrected chi connectivity index (χ3v) is 5.88. The maximum atomic E-state index is 12.3. The second-order valence-electron chi connectivity index (χ2n) is 7.24. The van der Waals surface area contributed by atoms with Crippen molar-refractivity contribution in [3.63, 3.8) is 0 Å². The molecule has 3 heterocycles. The molecule has 0 N–H and O–H groups in total. The van der Waals surface area contributed by atoms with Crippen molar-refractivity contribution < 1.29 is 0 Å². The van der Waals surface area contributed by atoms with Crippen LogP contribution in [-0.2, 0) is 13.0 Å². The van der Waals surface area contributed by atoms with E-state index in [1.165, 1.54) is 11.3 Å². The lowest BCUT2D eigenvalue weighted by molar-refractivity contribution is 0.313. The minimum Gasteiger partial charge on any atom is -0.369 e. The largest absolute Gasteiger partial charge is 0.369 e. The standard InChI is InChI=1S/C21H24BrN5O/c1-3-27-20-16(13-18(22)21(27)28)14-23-19(24-20)12-15-4-6-17(7-5-15)26-10-8-25(2)9-11-26/h4-7,13-14H,3,8-12H2,1-2H3. The number of fused-ring (bicyclic) bond motifs is 1. The number of anilines is 1. The number of nitrogens with zero attached hydrogens (tertiary/aromatic N) is 5. The molecule has 1 aliphatic heterocycles. The average Bonchev–Trinajstić information content (AvgIpc) is 2.71. The first-order valence-electron chi connectivity index (χ1n) is 9.62. The Kier molecular flexibility index (Phi) is 5.46. The Labute approximate surface area is 173 Å². The highest BCUT2D eigenvalue weighted by molar-refractivity contribution is 9.10. The van der Waals surface area contributed by atoms with Gasteiger partial charge < -0.3 is 9.80 Å². The number of aryl methyl sites for hydroxylation is 1. The zero-order valence-corrected chi connectivity index (χ0v) is 17.8. The molecule has 2 aromatic heterocycles. The number of hydrogen-bond acceptors (Lipinski definition) is 5. The quantitative estimate of drug-likeness (QED) is 0.622. The van der Waals surface area contributed by atoms with Crippen LogP contribution in [0.15, 0.2) is 45.8 Å². The van der Waals surface area contributed by atoms with Crippen LogP contribution >= 0.6 is 15.9 Å². The predicted molar refractivity (Wildman–Crippen MR) is 116 cm³/mol. The van der Waals surface area contributed by atoms with E-state index < -0.39 is 0 Å². The summed E-state index contributed by atoms with van der Waals surface area (Å²) in [5, 5.41) is 0.863. The summed E-state index contributed by atoms with van der Waals surface area (Å²) in [6, 6.07) is 10.4. The van der Waals surface area contributed by atoms with Crippen molar-refractivity contribution >= 4 is 32.7 Å². The summed E-state index contributed by atoms with van der Waals surface area (Å²) >= 11 is 3.33. The van der Waals surface area contributed by atoms with E-state index in [2.05, 4.69) is 67.0 Å². The number of halogens is 1. The molecule has 1 aliphatic rings. The first-order chi connectivity index (χ1) is 13.5. The molecule has 0 bridgehead atoms. The van der Waals surface area contributed by atoms with Crippen molar-refractivity contribution in [1.82, 2.24) is 19.4 Å². The minimum atomic E-state index is -0.0591. The lowest BCUT2D eigenvalue weighted by Crippen LogP contribution is -2.44. The van der Waals surface area contributed by atoms with E-state index in [4.69, 9.17) is 0 Å². The molecule has 146 valence electrons. The highest BCUT2D eigenvalue weighted by atomic mass is 79.9. The van der Waals surface area contributed by atoms with Crippen LogP contribution in [0.1, 0.15) is 18.3 Å². The smallest absolute Gasteiger partial charge is 0.266 e. The van der Waals surface area contributed by atoms with E-state index in [0.717, 1.165) is 37.4 Å². The van der Waals surface area contributed by atoms with Gasteiger partial charge in [0.2, 0.25) is 0 Å². The number of aromatic nitrogens is 3. The van der Waals surface area contributed by atoms with E-state index >= 15 is 0 Å². The maximum absolute atomic E-state index is 12.3. The highest BCUT2D eigenvalue weighted by Crippen LogP contribution is 2.19. The van der Waals surface area contributed by atoms with Gasteiger partial charge in [0.1, 0.15) is 11.5 Å². The molecular formula is C21H24BrN5O. The summed E-state index contributed by atoms with van der Waals surface area (Å²) in [4.78, 5) is 26.3. The van der Waals surface area contributed by atoms with E-state index in [9.17, 15) is 4.79 Å². The molecule has 6 nitrogen and oxygen atoms in total. The van der Waals surface area contributed by atoms with Gasteiger partial charge in [-0.05, 0) is 53.7 Å². The van der Waals surface area contributed by atoms with Crippen LogP contribution in [0, 0.1) is 0 Å². The van der Waals surface area contributed by atoms with Crippen molar-refractivity contribution in [3.05, 3.63) is 62.7 Å². The van der Waals surface area contributed by atoms with Gasteiger partial charge in [-0.25, -0.2) is 9.97 Å². The van der Waals surface area contributed by atoms with Gasteiger partial charge in [0.25, 0.3) is 5.56 Å². The van der Waals surface area contributed by atoms with Crippen molar-refractivity contribution in [3.8, 4) is 0 Å². The molecule has 0 radical (unpaired) electrons. The fraction of sp³-hybridized carbons (Fsp3) is 0.381. The molecule has 7 heteroatoms. The lowest BCUT2D eigenvalue weighted by atomic mass is 10.1. The van der Waals surface area contributed by atoms with Gasteiger partial charge in [0, 0.05) is 56.4 Å². The fourth-order valence-electron chi connectivity index (χ4n) is 3.61. The van der Waals surface area contributed by atoms with Crippen LogP contribution in [0.4, 0.5) is 5.69 Å². The van der Waals surface area contributed by atoms with Gasteiger partial charge in [-0.2, -0.15) is 0 Å². The molecule has 0 aliphatic carbocycles. The van der Waals surface area contributed by atoms with Gasteiger partial charge in [-0.3, -0.25) is 9.36 Å². The van der Waals surface area contributed by atoms with Crippen LogP contribution in [0.25, 0.3) is 11.0 Å². The SMILES string of the molecule is CCn1c(=O)c(Br)cc2cnc(Cc3ccc(N4CCN(C)CC4)cc3)nc21. The molecule has 4 rings (SSSR count). The first kappa shape index (κ1) is 19.1. The number of likely N-dealkylation sites (N-methyl/N-ethyl adjacent to an activating group) is 1. The molecule has 28 heavy (non-hydrogen) atoms. The summed E-state index contributed by atoms with van der Waals surface area (Å²) in [6.07, 6.45) is 2.44. The van der Waals surface area contributed by atoms with E-state index in [1.807, 2.05) is 6.92 Å². The molecule has 1 saturated heterocycles. The number of hydrogen-bond donors (Lipinski definition) is 0. The summed E-state index contributed by atoms with van der Waals surface area (Å²) in [5.41, 5.74) is 3.06. The Hall–Kier alpha value is -2.25. The lowest BCUT2D eigenvalue weighted by Gasteiger charge is -2.34. The summed E-state index contributed by atoms with van der Waals surface area (Å²) in [5.74, 6) is 0.726. The fourth-order valence-corrected chi connectivity index (χ4v) is 4.07. The number of piperazine rings is 1. The monoisotopic (exact) mass is 441 g/mol. The Morgan fingerprint density at radius 2 is 1.82 bits per heavy atom. The molecule has 1 fully saturated rings. The van der Waals surface area contributed by atoms with Crippen LogP contribution in [0.5, 0.6) is 0 Å². The average molecular weight is 442 g/mol. The summed E-state index contributed by atoms with van der Waals surface area (Å²) in [7, 11) is 2.17. The Bertz CT molecular complexity index is 1040. The summed E-state index contributed by atoms with van der Waals surface area (Å²) < 4.78 is 2.22. The number of benzene rings is 1. The highest BCUT2D eigenvalue weighted by Gasteiger charge is 2.14. The topological polar surface area (TPSA) is 54.3 Å². The van der Waals surface area contributed by atoms with Crippen molar-refractivity contribution in [2.24, 2.45) is 0 Å². The minimum absolute atomic E-state index is 0.0591. The molecule has 0 spiro atoms. The molecule has 3 aromatic rings. The maximum Gasteiger partial charge on any atom is 0.266 e.